The zero-order chi connectivity index (χ0) is 19.6. The summed E-state index contributed by atoms with van der Waals surface area (Å²) in [5, 5.41) is 3.06. The molecule has 5 heteroatoms. The Bertz CT molecular complexity index is 994. The molecule has 2 aliphatic rings. The van der Waals surface area contributed by atoms with Crippen molar-refractivity contribution in [2.24, 2.45) is 0 Å². The number of aromatic nitrogens is 1. The van der Waals surface area contributed by atoms with E-state index < -0.39 is 0 Å². The highest BCUT2D eigenvalue weighted by atomic mass is 16.3. The third-order valence-electron chi connectivity index (χ3n) is 6.08. The van der Waals surface area contributed by atoms with Crippen LogP contribution in [0.5, 0.6) is 0 Å². The summed E-state index contributed by atoms with van der Waals surface area (Å²) in [6.07, 6.45) is 4.76. The minimum absolute atomic E-state index is 0.0482. The number of hydrogen-bond donors (Lipinski definition) is 1. The monoisotopic (exact) mass is 389 g/mol. The minimum atomic E-state index is -0.0482. The number of piperidine rings is 1. The van der Waals surface area contributed by atoms with Crippen LogP contribution in [-0.4, -0.2) is 42.0 Å². The number of hydrogen-bond acceptors (Lipinski definition) is 4. The first kappa shape index (κ1) is 18.4. The van der Waals surface area contributed by atoms with E-state index >= 15 is 0 Å². The van der Waals surface area contributed by atoms with Crippen molar-refractivity contribution < 1.29 is 9.21 Å². The Kier molecular flexibility index (Phi) is 5.06. The van der Waals surface area contributed by atoms with Gasteiger partial charge in [-0.15, -0.1) is 0 Å². The SMILES string of the molecule is O=C(NCCN1CCCC(c2ccccc2)C1)c1ccc2nc(C3CC3)oc2c1. The second kappa shape index (κ2) is 7.99. The van der Waals surface area contributed by atoms with Crippen molar-refractivity contribution >= 4 is 17.0 Å². The van der Waals surface area contributed by atoms with Gasteiger partial charge in [0.25, 0.3) is 5.91 Å². The summed E-state index contributed by atoms with van der Waals surface area (Å²) in [5.74, 6) is 1.84. The van der Waals surface area contributed by atoms with Crippen LogP contribution in [0.15, 0.2) is 52.9 Å². The highest BCUT2D eigenvalue weighted by Gasteiger charge is 2.29. The fraction of sp³-hybridized carbons (Fsp3) is 0.417. The first-order valence-electron chi connectivity index (χ1n) is 10.7. The summed E-state index contributed by atoms with van der Waals surface area (Å²) in [6.45, 7) is 3.70. The van der Waals surface area contributed by atoms with Gasteiger partial charge in [0.2, 0.25) is 0 Å². The molecule has 1 aliphatic carbocycles. The normalized spacial score (nSPS) is 20.1. The average Bonchev–Trinajstić information content (AvgIpc) is 3.53. The number of fused-ring (bicyclic) bond motifs is 1. The fourth-order valence-corrected chi connectivity index (χ4v) is 4.27. The molecule has 0 radical (unpaired) electrons. The van der Waals surface area contributed by atoms with Gasteiger partial charge in [-0.1, -0.05) is 30.3 Å². The van der Waals surface area contributed by atoms with Crippen molar-refractivity contribution in [3.8, 4) is 0 Å². The average molecular weight is 389 g/mol. The first-order valence-corrected chi connectivity index (χ1v) is 10.7. The van der Waals surface area contributed by atoms with E-state index in [4.69, 9.17) is 4.42 Å². The second-order valence-corrected chi connectivity index (χ2v) is 8.32. The van der Waals surface area contributed by atoms with E-state index in [2.05, 4.69) is 45.5 Å². The number of nitrogens with zero attached hydrogens (tertiary/aromatic N) is 2. The molecule has 0 bridgehead atoms. The van der Waals surface area contributed by atoms with Crippen molar-refractivity contribution in [2.75, 3.05) is 26.2 Å². The van der Waals surface area contributed by atoms with Crippen molar-refractivity contribution in [2.45, 2.75) is 37.5 Å². The molecule has 1 saturated carbocycles. The van der Waals surface area contributed by atoms with Gasteiger partial charge >= 0.3 is 0 Å². The topological polar surface area (TPSA) is 58.4 Å². The summed E-state index contributed by atoms with van der Waals surface area (Å²) < 4.78 is 5.84. The summed E-state index contributed by atoms with van der Waals surface area (Å²) in [7, 11) is 0. The zero-order valence-corrected chi connectivity index (χ0v) is 16.6. The number of rotatable bonds is 6. The molecular formula is C24H27N3O2. The molecule has 3 aromatic rings. The molecule has 1 amide bonds. The van der Waals surface area contributed by atoms with Gasteiger partial charge in [-0.25, -0.2) is 4.98 Å². The molecule has 2 aromatic carbocycles. The smallest absolute Gasteiger partial charge is 0.251 e. The highest BCUT2D eigenvalue weighted by Crippen LogP contribution is 2.40. The maximum Gasteiger partial charge on any atom is 0.251 e. The van der Waals surface area contributed by atoms with E-state index in [0.717, 1.165) is 43.9 Å². The zero-order valence-electron chi connectivity index (χ0n) is 16.6. The molecule has 1 aliphatic heterocycles. The van der Waals surface area contributed by atoms with Crippen LogP contribution in [0.3, 0.4) is 0 Å². The van der Waals surface area contributed by atoms with E-state index in [1.54, 1.807) is 0 Å². The van der Waals surface area contributed by atoms with Crippen molar-refractivity contribution in [3.05, 3.63) is 65.5 Å². The fourth-order valence-electron chi connectivity index (χ4n) is 4.27. The van der Waals surface area contributed by atoms with E-state index in [-0.39, 0.29) is 5.91 Å². The number of likely N-dealkylation sites (tertiary alicyclic amines) is 1. The molecule has 150 valence electrons. The maximum absolute atomic E-state index is 12.6. The molecule has 5 nitrogen and oxygen atoms in total. The lowest BCUT2D eigenvalue weighted by Gasteiger charge is -2.33. The number of amides is 1. The third kappa shape index (κ3) is 4.20. The minimum Gasteiger partial charge on any atom is -0.440 e. The highest BCUT2D eigenvalue weighted by molar-refractivity contribution is 5.97. The lowest BCUT2D eigenvalue weighted by molar-refractivity contribution is 0.0945. The number of carbonyl (C=O) groups is 1. The predicted molar refractivity (Wildman–Crippen MR) is 113 cm³/mol. The molecule has 1 saturated heterocycles. The Morgan fingerprint density at radius 3 is 2.79 bits per heavy atom. The largest absolute Gasteiger partial charge is 0.440 e. The number of nitrogens with one attached hydrogen (secondary N) is 1. The molecule has 5 rings (SSSR count). The van der Waals surface area contributed by atoms with Gasteiger partial charge in [0, 0.05) is 31.1 Å². The maximum atomic E-state index is 12.6. The molecule has 1 atom stereocenters. The van der Waals surface area contributed by atoms with E-state index in [9.17, 15) is 4.79 Å². The van der Waals surface area contributed by atoms with Crippen LogP contribution in [0.1, 0.15) is 59.3 Å². The third-order valence-corrected chi connectivity index (χ3v) is 6.08. The van der Waals surface area contributed by atoms with Gasteiger partial charge in [0.1, 0.15) is 5.52 Å². The number of benzene rings is 2. The van der Waals surface area contributed by atoms with E-state index in [1.165, 1.54) is 18.4 Å². The molecule has 2 heterocycles. The van der Waals surface area contributed by atoms with Crippen LogP contribution in [0.2, 0.25) is 0 Å². The van der Waals surface area contributed by atoms with E-state index in [1.807, 2.05) is 18.2 Å². The Hall–Kier alpha value is -2.66. The first-order chi connectivity index (χ1) is 14.3. The van der Waals surface area contributed by atoms with Crippen molar-refractivity contribution in [3.63, 3.8) is 0 Å². The lowest BCUT2D eigenvalue weighted by atomic mass is 9.91. The molecule has 1 N–H and O–H groups in total. The summed E-state index contributed by atoms with van der Waals surface area (Å²) >= 11 is 0. The van der Waals surface area contributed by atoms with Crippen LogP contribution >= 0.6 is 0 Å². The Morgan fingerprint density at radius 1 is 1.10 bits per heavy atom. The quantitative estimate of drug-likeness (QED) is 0.682. The summed E-state index contributed by atoms with van der Waals surface area (Å²) in [6, 6.07) is 16.3. The van der Waals surface area contributed by atoms with Gasteiger partial charge in [-0.05, 0) is 61.9 Å². The Morgan fingerprint density at radius 2 is 1.97 bits per heavy atom. The molecular weight excluding hydrogens is 362 g/mol. The van der Waals surface area contributed by atoms with Gasteiger partial charge in [0.05, 0.1) is 0 Å². The molecule has 29 heavy (non-hydrogen) atoms. The van der Waals surface area contributed by atoms with E-state index in [0.29, 0.717) is 29.5 Å². The molecule has 1 unspecified atom stereocenters. The lowest BCUT2D eigenvalue weighted by Crippen LogP contribution is -2.40. The van der Waals surface area contributed by atoms with Gasteiger partial charge < -0.3 is 14.6 Å². The molecule has 0 spiro atoms. The van der Waals surface area contributed by atoms with Crippen LogP contribution in [-0.2, 0) is 0 Å². The number of oxazole rings is 1. The van der Waals surface area contributed by atoms with Crippen molar-refractivity contribution in [1.29, 1.82) is 0 Å². The Balaban J connectivity index is 1.15. The van der Waals surface area contributed by atoms with Gasteiger partial charge in [-0.3, -0.25) is 4.79 Å². The predicted octanol–water partition coefficient (Wildman–Crippen LogP) is 4.31. The molecule has 1 aromatic heterocycles. The molecule has 2 fully saturated rings. The summed E-state index contributed by atoms with van der Waals surface area (Å²) in [4.78, 5) is 19.6. The second-order valence-electron chi connectivity index (χ2n) is 8.32. The number of carbonyl (C=O) groups excluding carboxylic acids is 1. The van der Waals surface area contributed by atoms with Crippen LogP contribution in [0.4, 0.5) is 0 Å². The van der Waals surface area contributed by atoms with Gasteiger partial charge in [-0.2, -0.15) is 0 Å². The summed E-state index contributed by atoms with van der Waals surface area (Å²) in [5.41, 5.74) is 3.61. The van der Waals surface area contributed by atoms with Crippen LogP contribution in [0, 0.1) is 0 Å². The van der Waals surface area contributed by atoms with Crippen molar-refractivity contribution in [1.82, 2.24) is 15.2 Å². The van der Waals surface area contributed by atoms with Crippen LogP contribution < -0.4 is 5.32 Å². The Labute approximate surface area is 171 Å². The standard InChI is InChI=1S/C24H27N3O2/c28-23(19-10-11-21-22(15-19)29-24(26-21)18-8-9-18)25-12-14-27-13-4-7-20(16-27)17-5-2-1-3-6-17/h1-3,5-6,10-11,15,18,20H,4,7-9,12-14,16H2,(H,25,28). The van der Waals surface area contributed by atoms with Gasteiger partial charge in [0.15, 0.2) is 11.5 Å². The van der Waals surface area contributed by atoms with Crippen LogP contribution in [0.25, 0.3) is 11.1 Å².